The summed E-state index contributed by atoms with van der Waals surface area (Å²) in [6, 6.07) is 7.90. The minimum atomic E-state index is -0.521. The number of carbonyl (C=O) groups excluding carboxylic acids is 1. The van der Waals surface area contributed by atoms with Crippen molar-refractivity contribution in [1.82, 2.24) is 4.90 Å². The van der Waals surface area contributed by atoms with E-state index in [0.717, 1.165) is 43.5 Å². The van der Waals surface area contributed by atoms with Gasteiger partial charge in [0, 0.05) is 43.7 Å². The van der Waals surface area contributed by atoms with E-state index in [1.807, 2.05) is 42.2 Å². The van der Waals surface area contributed by atoms with Crippen molar-refractivity contribution in [3.63, 3.8) is 0 Å². The summed E-state index contributed by atoms with van der Waals surface area (Å²) in [4.78, 5) is 15.3. The number of hydrogen-bond donors (Lipinski definition) is 1. The third-order valence-electron chi connectivity index (χ3n) is 6.23. The van der Waals surface area contributed by atoms with Gasteiger partial charge in [0.2, 0.25) is 6.29 Å². The first-order valence-electron chi connectivity index (χ1n) is 11.6. The highest BCUT2D eigenvalue weighted by Gasteiger charge is 2.38. The number of terminal acetylenes is 1. The van der Waals surface area contributed by atoms with Gasteiger partial charge in [-0.25, -0.2) is 0 Å². The fourth-order valence-corrected chi connectivity index (χ4v) is 4.55. The summed E-state index contributed by atoms with van der Waals surface area (Å²) in [7, 11) is 0. The lowest BCUT2D eigenvalue weighted by Crippen LogP contribution is -2.41. The number of benzene rings is 1. The molecule has 0 aromatic heterocycles. The zero-order valence-electron chi connectivity index (χ0n) is 18.6. The van der Waals surface area contributed by atoms with Crippen molar-refractivity contribution in [3.8, 4) is 12.3 Å². The number of rotatable bonds is 7. The van der Waals surface area contributed by atoms with Crippen LogP contribution in [0.5, 0.6) is 0 Å². The van der Waals surface area contributed by atoms with Gasteiger partial charge in [0.25, 0.3) is 5.91 Å². The van der Waals surface area contributed by atoms with Crippen molar-refractivity contribution in [2.75, 3.05) is 26.3 Å². The first-order valence-corrected chi connectivity index (χ1v) is 11.6. The van der Waals surface area contributed by atoms with E-state index in [2.05, 4.69) is 5.92 Å². The number of likely N-dealkylation sites (tertiary alicyclic amines) is 1. The zero-order chi connectivity index (χ0) is 22.1. The number of aliphatic hydroxyl groups is 1. The lowest BCUT2D eigenvalue weighted by molar-refractivity contribution is -0.170. The van der Waals surface area contributed by atoms with Crippen LogP contribution in [0.3, 0.4) is 0 Å². The van der Waals surface area contributed by atoms with Gasteiger partial charge in [-0.1, -0.05) is 37.3 Å². The van der Waals surface area contributed by atoms with Gasteiger partial charge in [-0.3, -0.25) is 4.79 Å². The minimum Gasteiger partial charge on any atom is -0.459 e. The monoisotopic (exact) mass is 425 g/mol. The van der Waals surface area contributed by atoms with Gasteiger partial charge < -0.3 is 19.5 Å². The minimum absolute atomic E-state index is 0.00710. The Kier molecular flexibility index (Phi) is 8.99. The molecule has 0 spiro atoms. The van der Waals surface area contributed by atoms with E-state index >= 15 is 0 Å². The fourth-order valence-electron chi connectivity index (χ4n) is 4.55. The molecule has 0 aliphatic carbocycles. The van der Waals surface area contributed by atoms with Crippen molar-refractivity contribution in [2.24, 2.45) is 5.92 Å². The van der Waals surface area contributed by atoms with Gasteiger partial charge in [-0.2, -0.15) is 0 Å². The summed E-state index contributed by atoms with van der Waals surface area (Å²) in [6.07, 6.45) is 14.0. The van der Waals surface area contributed by atoms with Gasteiger partial charge in [-0.15, -0.1) is 6.42 Å². The molecule has 0 unspecified atom stereocenters. The highest BCUT2D eigenvalue weighted by Crippen LogP contribution is 2.39. The quantitative estimate of drug-likeness (QED) is 0.665. The Balaban J connectivity index is 1.92. The molecule has 1 amide bonds. The van der Waals surface area contributed by atoms with Gasteiger partial charge in [0.05, 0.1) is 0 Å². The van der Waals surface area contributed by atoms with Gasteiger partial charge >= 0.3 is 0 Å². The molecule has 3 rings (SSSR count). The second kappa shape index (κ2) is 11.9. The lowest BCUT2D eigenvalue weighted by atomic mass is 9.80. The summed E-state index contributed by atoms with van der Waals surface area (Å²) in [5.41, 5.74) is 1.90. The first-order chi connectivity index (χ1) is 15.2. The van der Waals surface area contributed by atoms with Gasteiger partial charge in [0.1, 0.15) is 0 Å². The molecule has 1 fully saturated rings. The highest BCUT2D eigenvalue weighted by atomic mass is 16.7. The van der Waals surface area contributed by atoms with E-state index in [0.29, 0.717) is 18.8 Å². The van der Waals surface area contributed by atoms with E-state index in [-0.39, 0.29) is 24.3 Å². The van der Waals surface area contributed by atoms with Crippen molar-refractivity contribution in [2.45, 2.75) is 64.1 Å². The molecule has 1 N–H and O–H groups in total. The molecule has 0 radical (unpaired) electrons. The molecular formula is C26H35NO4. The molecule has 5 heteroatoms. The van der Waals surface area contributed by atoms with Crippen LogP contribution in [0.4, 0.5) is 0 Å². The molecule has 2 aliphatic heterocycles. The van der Waals surface area contributed by atoms with Gasteiger partial charge in [-0.05, 0) is 56.4 Å². The number of amides is 1. The van der Waals surface area contributed by atoms with Crippen LogP contribution in [-0.2, 0) is 14.3 Å². The normalized spacial score (nSPS) is 24.4. The van der Waals surface area contributed by atoms with E-state index in [1.54, 1.807) is 0 Å². The molecule has 5 nitrogen and oxygen atoms in total. The van der Waals surface area contributed by atoms with E-state index < -0.39 is 6.29 Å². The Bertz CT molecular complexity index is 772. The summed E-state index contributed by atoms with van der Waals surface area (Å²) in [6.45, 7) is 4.08. The van der Waals surface area contributed by atoms with Crippen LogP contribution in [0.1, 0.15) is 68.9 Å². The zero-order valence-corrected chi connectivity index (χ0v) is 18.6. The Morgan fingerprint density at radius 3 is 2.48 bits per heavy atom. The summed E-state index contributed by atoms with van der Waals surface area (Å²) >= 11 is 0. The van der Waals surface area contributed by atoms with Crippen LogP contribution in [0, 0.1) is 18.3 Å². The molecule has 2 heterocycles. The lowest BCUT2D eigenvalue weighted by Gasteiger charge is -2.38. The van der Waals surface area contributed by atoms with Crippen LogP contribution < -0.4 is 0 Å². The maximum Gasteiger partial charge on any atom is 0.288 e. The largest absolute Gasteiger partial charge is 0.459 e. The molecule has 31 heavy (non-hydrogen) atoms. The van der Waals surface area contributed by atoms with Crippen LogP contribution >= 0.6 is 0 Å². The second-order valence-electron chi connectivity index (χ2n) is 8.35. The third kappa shape index (κ3) is 6.12. The smallest absolute Gasteiger partial charge is 0.288 e. The standard InChI is InChI=1S/C26H35NO4/c1-3-20-12-14-21(15-13-20)23-19-24(25(29)27-16-8-6-5-7-9-17-27)31-26(30-4-2)22(23)11-10-18-28/h1,12-15,19,22-23,26,28H,4-11,16-18H2,2H3/t22-,23-,26-/m1/s1. The molecule has 0 bridgehead atoms. The van der Waals surface area contributed by atoms with Crippen molar-refractivity contribution in [3.05, 3.63) is 47.2 Å². The second-order valence-corrected chi connectivity index (χ2v) is 8.35. The molecule has 2 aliphatic rings. The fraction of sp³-hybridized carbons (Fsp3) is 0.577. The van der Waals surface area contributed by atoms with Crippen molar-refractivity contribution >= 4 is 5.91 Å². The molecular weight excluding hydrogens is 390 g/mol. The maximum atomic E-state index is 13.4. The van der Waals surface area contributed by atoms with E-state index in [9.17, 15) is 9.90 Å². The number of allylic oxidation sites excluding steroid dienone is 1. The van der Waals surface area contributed by atoms with Crippen LogP contribution in [0.15, 0.2) is 36.1 Å². The Morgan fingerprint density at radius 2 is 1.87 bits per heavy atom. The highest BCUT2D eigenvalue weighted by molar-refractivity contribution is 5.91. The molecule has 168 valence electrons. The molecule has 3 atom stereocenters. The van der Waals surface area contributed by atoms with E-state index in [4.69, 9.17) is 15.9 Å². The van der Waals surface area contributed by atoms with E-state index in [1.165, 1.54) is 19.3 Å². The number of carbonyl (C=O) groups is 1. The molecule has 0 saturated carbocycles. The number of hydrogen-bond acceptors (Lipinski definition) is 4. The van der Waals surface area contributed by atoms with Crippen LogP contribution in [0.25, 0.3) is 0 Å². The van der Waals surface area contributed by atoms with Crippen LogP contribution in [0.2, 0.25) is 0 Å². The SMILES string of the molecule is C#Cc1ccc([C@H]2C=C(C(=O)N3CCCCCCC3)O[C@@H](OCC)[C@@H]2CCCO)cc1. The number of aliphatic hydroxyl groups excluding tert-OH is 1. The molecule has 1 aromatic rings. The topological polar surface area (TPSA) is 59.0 Å². The van der Waals surface area contributed by atoms with Crippen molar-refractivity contribution < 1.29 is 19.4 Å². The predicted molar refractivity (Wildman–Crippen MR) is 121 cm³/mol. The molecule has 1 saturated heterocycles. The molecule has 1 aromatic carbocycles. The third-order valence-corrected chi connectivity index (χ3v) is 6.23. The predicted octanol–water partition coefficient (Wildman–Crippen LogP) is 4.21. The summed E-state index contributed by atoms with van der Waals surface area (Å²) < 4.78 is 12.1. The Morgan fingerprint density at radius 1 is 1.19 bits per heavy atom. The average molecular weight is 426 g/mol. The maximum absolute atomic E-state index is 13.4. The Labute approximate surface area is 186 Å². The Hall–Kier alpha value is -2.29. The number of ether oxygens (including phenoxy) is 2. The summed E-state index contributed by atoms with van der Waals surface area (Å²) in [5.74, 6) is 2.95. The van der Waals surface area contributed by atoms with Crippen molar-refractivity contribution in [1.29, 1.82) is 0 Å². The number of nitrogens with zero attached hydrogens (tertiary/aromatic N) is 1. The van der Waals surface area contributed by atoms with Gasteiger partial charge in [0.15, 0.2) is 5.76 Å². The first kappa shape index (κ1) is 23.4. The van der Waals surface area contributed by atoms with Crippen LogP contribution in [-0.4, -0.2) is 48.5 Å². The average Bonchev–Trinajstić information content (AvgIpc) is 2.77. The summed E-state index contributed by atoms with van der Waals surface area (Å²) in [5, 5.41) is 9.42.